The molecule has 2 aliphatic heterocycles. The van der Waals surface area contributed by atoms with Gasteiger partial charge in [-0.1, -0.05) is 0 Å². The van der Waals surface area contributed by atoms with Crippen molar-refractivity contribution in [2.24, 2.45) is 0 Å². The molecule has 2 amide bonds. The third kappa shape index (κ3) is 4.52. The van der Waals surface area contributed by atoms with Crippen LogP contribution in [0.1, 0.15) is 30.2 Å². The molecular formula is C19H26N2O7S2. The van der Waals surface area contributed by atoms with Crippen molar-refractivity contribution >= 4 is 33.6 Å². The fraction of sp³-hybridized carbons (Fsp3) is 0.579. The van der Waals surface area contributed by atoms with E-state index < -0.39 is 15.4 Å². The van der Waals surface area contributed by atoms with Crippen molar-refractivity contribution in [2.75, 3.05) is 45.9 Å². The quantitative estimate of drug-likeness (QED) is 0.542. The monoisotopic (exact) mass is 458 g/mol. The number of carbonyl (C=O) groups is 2. The smallest absolute Gasteiger partial charge is 0.229 e. The molecule has 1 unspecified atom stereocenters. The lowest BCUT2D eigenvalue weighted by atomic mass is 10.1. The minimum absolute atomic E-state index is 0.128. The number of methoxy groups -OCH3 is 3. The molecule has 1 atom stereocenters. The molecule has 0 spiro atoms. The van der Waals surface area contributed by atoms with Gasteiger partial charge in [-0.2, -0.15) is 4.31 Å². The Morgan fingerprint density at radius 2 is 1.60 bits per heavy atom. The molecule has 30 heavy (non-hydrogen) atoms. The van der Waals surface area contributed by atoms with E-state index >= 15 is 0 Å². The number of nitrogens with zero attached hydrogens (tertiary/aromatic N) is 2. The second-order valence-electron chi connectivity index (χ2n) is 6.89. The lowest BCUT2D eigenvalue weighted by Crippen LogP contribution is -2.44. The molecule has 2 aliphatic rings. The van der Waals surface area contributed by atoms with Crippen LogP contribution in [0, 0.1) is 0 Å². The summed E-state index contributed by atoms with van der Waals surface area (Å²) in [5.41, 5.74) is 0.659. The number of ether oxygens (including phenoxy) is 3. The zero-order valence-electron chi connectivity index (χ0n) is 17.3. The maximum Gasteiger partial charge on any atom is 0.229 e. The van der Waals surface area contributed by atoms with E-state index in [1.54, 1.807) is 12.1 Å². The van der Waals surface area contributed by atoms with E-state index in [2.05, 4.69) is 0 Å². The molecule has 0 aliphatic carbocycles. The van der Waals surface area contributed by atoms with E-state index in [9.17, 15) is 18.0 Å². The maximum absolute atomic E-state index is 13.1. The first-order valence-electron chi connectivity index (χ1n) is 9.56. The van der Waals surface area contributed by atoms with Gasteiger partial charge in [0.2, 0.25) is 21.8 Å². The van der Waals surface area contributed by atoms with E-state index in [0.29, 0.717) is 41.5 Å². The first kappa shape index (κ1) is 22.7. The second-order valence-corrected chi connectivity index (χ2v) is 10.1. The summed E-state index contributed by atoms with van der Waals surface area (Å²) in [5.74, 6) is 1.14. The lowest BCUT2D eigenvalue weighted by Gasteiger charge is -2.28. The normalized spacial score (nSPS) is 20.5. The Bertz CT molecular complexity index is 904. The van der Waals surface area contributed by atoms with Gasteiger partial charge in [-0.15, -0.1) is 11.8 Å². The summed E-state index contributed by atoms with van der Waals surface area (Å²) in [7, 11) is 0.812. The molecule has 2 heterocycles. The Kier molecular flexibility index (Phi) is 7.14. The number of carbonyl (C=O) groups excluding carboxylic acids is 2. The molecule has 1 aromatic carbocycles. The number of likely N-dealkylation sites (tertiary alicyclic amines) is 1. The van der Waals surface area contributed by atoms with Gasteiger partial charge in [0.25, 0.3) is 0 Å². The Hall–Kier alpha value is -1.98. The topological polar surface area (TPSA) is 102 Å². The number of piperidine rings is 1. The Balaban J connectivity index is 1.84. The Labute approximate surface area is 180 Å². The molecule has 1 aromatic rings. The van der Waals surface area contributed by atoms with Gasteiger partial charge >= 0.3 is 0 Å². The van der Waals surface area contributed by atoms with E-state index in [0.717, 1.165) is 4.90 Å². The molecule has 0 bridgehead atoms. The average Bonchev–Trinajstić information content (AvgIpc) is 3.23. The van der Waals surface area contributed by atoms with Crippen LogP contribution < -0.4 is 14.2 Å². The largest absolute Gasteiger partial charge is 0.496 e. The predicted octanol–water partition coefficient (Wildman–Crippen LogP) is 1.63. The molecular weight excluding hydrogens is 432 g/mol. The van der Waals surface area contributed by atoms with Crippen LogP contribution in [0.4, 0.5) is 0 Å². The van der Waals surface area contributed by atoms with E-state index in [-0.39, 0.29) is 37.0 Å². The van der Waals surface area contributed by atoms with E-state index in [4.69, 9.17) is 14.2 Å². The highest BCUT2D eigenvalue weighted by atomic mass is 32.2. The zero-order valence-corrected chi connectivity index (χ0v) is 18.9. The minimum Gasteiger partial charge on any atom is -0.496 e. The van der Waals surface area contributed by atoms with Crippen LogP contribution in [0.5, 0.6) is 17.2 Å². The zero-order chi connectivity index (χ0) is 21.9. The van der Waals surface area contributed by atoms with Gasteiger partial charge in [0.1, 0.15) is 5.75 Å². The van der Waals surface area contributed by atoms with Crippen LogP contribution in [0.2, 0.25) is 0 Å². The highest BCUT2D eigenvalue weighted by molar-refractivity contribution is 8.01. The van der Waals surface area contributed by atoms with Crippen molar-refractivity contribution in [2.45, 2.75) is 24.6 Å². The number of hydrogen-bond donors (Lipinski definition) is 0. The van der Waals surface area contributed by atoms with Crippen molar-refractivity contribution in [1.29, 1.82) is 0 Å². The summed E-state index contributed by atoms with van der Waals surface area (Å²) < 4.78 is 43.8. The van der Waals surface area contributed by atoms with Crippen molar-refractivity contribution in [3.05, 3.63) is 17.7 Å². The van der Waals surface area contributed by atoms with Crippen LogP contribution in [-0.4, -0.2) is 75.4 Å². The molecule has 0 N–H and O–H groups in total. The number of amides is 2. The summed E-state index contributed by atoms with van der Waals surface area (Å²) >= 11 is 1.48. The van der Waals surface area contributed by atoms with Crippen LogP contribution in [-0.2, 0) is 19.6 Å². The highest BCUT2D eigenvalue weighted by Crippen LogP contribution is 2.47. The van der Waals surface area contributed by atoms with Crippen molar-refractivity contribution in [3.63, 3.8) is 0 Å². The number of thioether (sulfide) groups is 1. The lowest BCUT2D eigenvalue weighted by molar-refractivity contribution is -0.147. The molecule has 166 valence electrons. The third-order valence-corrected chi connectivity index (χ3v) is 8.35. The molecule has 0 radical (unpaired) electrons. The number of hydrogen-bond acceptors (Lipinski definition) is 8. The Morgan fingerprint density at radius 1 is 1.00 bits per heavy atom. The first-order valence-corrected chi connectivity index (χ1v) is 12.2. The summed E-state index contributed by atoms with van der Waals surface area (Å²) in [5, 5.41) is -0.502. The molecule has 2 saturated heterocycles. The van der Waals surface area contributed by atoms with Crippen LogP contribution >= 0.6 is 11.8 Å². The van der Waals surface area contributed by atoms with Gasteiger partial charge in [-0.05, 0) is 12.5 Å². The Morgan fingerprint density at radius 3 is 2.20 bits per heavy atom. The molecule has 2 fully saturated rings. The van der Waals surface area contributed by atoms with Gasteiger partial charge in [-0.3, -0.25) is 14.5 Å². The van der Waals surface area contributed by atoms with Gasteiger partial charge in [-0.25, -0.2) is 8.42 Å². The number of benzene rings is 1. The molecule has 11 heteroatoms. The van der Waals surface area contributed by atoms with Crippen LogP contribution in [0.25, 0.3) is 0 Å². The number of sulfonamides is 1. The van der Waals surface area contributed by atoms with E-state index in [1.807, 2.05) is 0 Å². The summed E-state index contributed by atoms with van der Waals surface area (Å²) in [6.07, 6.45) is 1.07. The molecule has 0 saturated carbocycles. The molecule has 0 aromatic heterocycles. The van der Waals surface area contributed by atoms with Gasteiger partial charge in [0.05, 0.1) is 32.5 Å². The summed E-state index contributed by atoms with van der Waals surface area (Å²) in [4.78, 5) is 25.1. The van der Waals surface area contributed by atoms with Crippen LogP contribution in [0.15, 0.2) is 12.1 Å². The average molecular weight is 459 g/mol. The number of imide groups is 1. The van der Waals surface area contributed by atoms with Crippen molar-refractivity contribution < 1.29 is 32.2 Å². The fourth-order valence-electron chi connectivity index (χ4n) is 3.60. The van der Waals surface area contributed by atoms with Crippen molar-refractivity contribution in [1.82, 2.24) is 9.21 Å². The van der Waals surface area contributed by atoms with Crippen molar-refractivity contribution in [3.8, 4) is 17.2 Å². The van der Waals surface area contributed by atoms with Gasteiger partial charge < -0.3 is 14.2 Å². The maximum atomic E-state index is 13.1. The standard InChI is InChI=1S/C19H26N2O7S2/c1-26-14-12-16(28-3)15(27-2)11-13(14)19-21(7-9-29-19)30(24,25)10-8-20-17(22)5-4-6-18(20)23/h11-12,19H,4-10H2,1-3H3. The molecule has 9 nitrogen and oxygen atoms in total. The number of rotatable bonds is 8. The summed E-state index contributed by atoms with van der Waals surface area (Å²) in [6, 6.07) is 3.39. The fourth-order valence-corrected chi connectivity index (χ4v) is 6.88. The minimum atomic E-state index is -3.73. The third-order valence-electron chi connectivity index (χ3n) is 5.16. The SMILES string of the molecule is COc1cc(OC)c(C2SCCN2S(=O)(=O)CCN2C(=O)CCCC2=O)cc1OC. The predicted molar refractivity (Wildman–Crippen MR) is 112 cm³/mol. The van der Waals surface area contributed by atoms with E-state index in [1.165, 1.54) is 37.4 Å². The van der Waals surface area contributed by atoms with Gasteiger partial charge in [0.15, 0.2) is 11.5 Å². The van der Waals surface area contributed by atoms with Crippen LogP contribution in [0.3, 0.4) is 0 Å². The second kappa shape index (κ2) is 9.44. The first-order chi connectivity index (χ1) is 14.3. The van der Waals surface area contributed by atoms with Gasteiger partial charge in [0, 0.05) is 43.3 Å². The highest BCUT2D eigenvalue weighted by Gasteiger charge is 2.38. The molecule has 3 rings (SSSR count). The summed E-state index contributed by atoms with van der Waals surface area (Å²) in [6.45, 7) is 0.202.